The number of amides is 2. The van der Waals surface area contributed by atoms with E-state index >= 15 is 0 Å². The fourth-order valence-corrected chi connectivity index (χ4v) is 4.74. The minimum absolute atomic E-state index is 0.114. The minimum Gasteiger partial charge on any atom is -0.497 e. The molecule has 1 N–H and O–H groups in total. The molecule has 0 radical (unpaired) electrons. The van der Waals surface area contributed by atoms with E-state index in [9.17, 15) is 9.59 Å². The average molecular weight is 451 g/mol. The highest BCUT2D eigenvalue weighted by atomic mass is 32.1. The summed E-state index contributed by atoms with van der Waals surface area (Å²) in [5.74, 6) is -0.238. The Morgan fingerprint density at radius 2 is 1.78 bits per heavy atom. The van der Waals surface area contributed by atoms with Gasteiger partial charge in [0.05, 0.1) is 19.1 Å². The summed E-state index contributed by atoms with van der Waals surface area (Å²) >= 11 is 1.37. The van der Waals surface area contributed by atoms with Crippen molar-refractivity contribution in [2.24, 2.45) is 0 Å². The number of likely N-dealkylation sites (N-methyl/N-ethyl adjacent to an activating group) is 1. The lowest BCUT2D eigenvalue weighted by Gasteiger charge is -2.39. The van der Waals surface area contributed by atoms with E-state index in [4.69, 9.17) is 4.74 Å². The van der Waals surface area contributed by atoms with Crippen molar-refractivity contribution in [3.63, 3.8) is 0 Å². The Kier molecular flexibility index (Phi) is 5.73. The highest BCUT2D eigenvalue weighted by Gasteiger charge is 2.42. The van der Waals surface area contributed by atoms with E-state index in [1.54, 1.807) is 25.1 Å². The van der Waals surface area contributed by atoms with Crippen molar-refractivity contribution in [3.05, 3.63) is 70.2 Å². The van der Waals surface area contributed by atoms with Crippen LogP contribution in [0.5, 0.6) is 5.75 Å². The summed E-state index contributed by atoms with van der Waals surface area (Å²) in [6.07, 6.45) is 0. The van der Waals surface area contributed by atoms with Crippen molar-refractivity contribution in [2.75, 3.05) is 19.5 Å². The zero-order valence-corrected chi connectivity index (χ0v) is 19.6. The van der Waals surface area contributed by atoms with Crippen molar-refractivity contribution >= 4 is 28.3 Å². The molecule has 3 aromatic rings. The highest BCUT2D eigenvalue weighted by molar-refractivity contribution is 7.15. The number of ether oxygens (including phenoxy) is 1. The van der Waals surface area contributed by atoms with E-state index in [1.165, 1.54) is 11.3 Å². The van der Waals surface area contributed by atoms with Gasteiger partial charge in [-0.05, 0) is 29.3 Å². The Hall–Kier alpha value is -3.26. The number of hydrogen-bond donors (Lipinski definition) is 1. The molecule has 0 aliphatic carbocycles. The summed E-state index contributed by atoms with van der Waals surface area (Å²) in [5.41, 5.74) is 1.93. The number of benzene rings is 2. The Balaban J connectivity index is 1.75. The Morgan fingerprint density at radius 3 is 2.41 bits per heavy atom. The van der Waals surface area contributed by atoms with Gasteiger partial charge < -0.3 is 9.64 Å². The number of fused-ring (bicyclic) bond motifs is 1. The topological polar surface area (TPSA) is 84.4 Å². The van der Waals surface area contributed by atoms with Gasteiger partial charge in [0, 0.05) is 18.0 Å². The van der Waals surface area contributed by atoms with E-state index in [1.807, 2.05) is 42.5 Å². The normalized spacial score (nSPS) is 18.3. The number of methoxy groups -OCH3 is 1. The van der Waals surface area contributed by atoms with Crippen LogP contribution >= 0.6 is 11.3 Å². The average Bonchev–Trinajstić information content (AvgIpc) is 3.25. The number of carbonyl (C=O) groups excluding carboxylic acids is 2. The molecule has 0 bridgehead atoms. The zero-order chi connectivity index (χ0) is 23.0. The number of nitrogens with one attached hydrogen (secondary N) is 1. The van der Waals surface area contributed by atoms with Gasteiger partial charge in [-0.2, -0.15) is 0 Å². The Bertz CT molecular complexity index is 1150. The van der Waals surface area contributed by atoms with Crippen LogP contribution in [0.3, 0.4) is 0 Å². The van der Waals surface area contributed by atoms with Crippen LogP contribution in [0.1, 0.15) is 59.2 Å². The molecular weight excluding hydrogens is 424 g/mol. The van der Waals surface area contributed by atoms with Gasteiger partial charge in [0.15, 0.2) is 0 Å². The number of nitrogens with zero attached hydrogens (tertiary/aromatic N) is 3. The first kappa shape index (κ1) is 22.0. The third-order valence-corrected chi connectivity index (χ3v) is 6.88. The molecule has 166 valence electrons. The molecule has 0 unspecified atom stereocenters. The molecule has 2 aromatic carbocycles. The van der Waals surface area contributed by atoms with Gasteiger partial charge in [-0.1, -0.05) is 62.4 Å². The van der Waals surface area contributed by atoms with Gasteiger partial charge in [-0.15, -0.1) is 10.2 Å². The van der Waals surface area contributed by atoms with Crippen LogP contribution in [0, 0.1) is 0 Å². The smallest absolute Gasteiger partial charge is 0.254 e. The Morgan fingerprint density at radius 1 is 1.09 bits per heavy atom. The van der Waals surface area contributed by atoms with E-state index in [0.29, 0.717) is 22.0 Å². The first-order valence-electron chi connectivity index (χ1n) is 10.4. The Labute approximate surface area is 191 Å². The molecule has 1 aromatic heterocycles. The van der Waals surface area contributed by atoms with Gasteiger partial charge in [0.2, 0.25) is 11.0 Å². The molecule has 0 saturated heterocycles. The second kappa shape index (κ2) is 8.35. The van der Waals surface area contributed by atoms with Crippen LogP contribution in [-0.2, 0) is 10.2 Å². The fraction of sp³-hybridized carbons (Fsp3) is 0.333. The van der Waals surface area contributed by atoms with Crippen molar-refractivity contribution in [2.45, 2.75) is 38.1 Å². The maximum atomic E-state index is 13.6. The summed E-state index contributed by atoms with van der Waals surface area (Å²) in [6, 6.07) is 14.3. The second-order valence-electron chi connectivity index (χ2n) is 8.85. The molecule has 1 aliphatic rings. The molecular formula is C24H26N4O3S. The van der Waals surface area contributed by atoms with Crippen LogP contribution in [-0.4, -0.2) is 41.1 Å². The third-order valence-electron chi connectivity index (χ3n) is 5.62. The summed E-state index contributed by atoms with van der Waals surface area (Å²) in [5, 5.41) is 12.6. The molecule has 7 nitrogen and oxygen atoms in total. The quantitative estimate of drug-likeness (QED) is 0.637. The molecule has 2 atom stereocenters. The molecule has 8 heteroatoms. The minimum atomic E-state index is -0.607. The van der Waals surface area contributed by atoms with Gasteiger partial charge in [-0.25, -0.2) is 0 Å². The highest BCUT2D eigenvalue weighted by Crippen LogP contribution is 2.43. The van der Waals surface area contributed by atoms with Crippen molar-refractivity contribution in [1.82, 2.24) is 15.1 Å². The predicted molar refractivity (Wildman–Crippen MR) is 124 cm³/mol. The van der Waals surface area contributed by atoms with Gasteiger partial charge >= 0.3 is 0 Å². The zero-order valence-electron chi connectivity index (χ0n) is 18.7. The lowest BCUT2D eigenvalue weighted by atomic mass is 9.79. The van der Waals surface area contributed by atoms with Gasteiger partial charge in [-0.3, -0.25) is 14.9 Å². The standard InChI is InChI=1S/C24H26N4O3S/c1-24(2,3)22-26-27-23(32-22)25-20(29)18-16-8-6-7-9-17(16)21(30)28(4)19(18)14-10-12-15(31-5)13-11-14/h6-13,18-19H,1-5H3,(H,25,27,29)/t18-,19+/m1/s1. The summed E-state index contributed by atoms with van der Waals surface area (Å²) in [6.45, 7) is 6.16. The molecule has 32 heavy (non-hydrogen) atoms. The van der Waals surface area contributed by atoms with Gasteiger partial charge in [0.1, 0.15) is 10.8 Å². The number of aromatic nitrogens is 2. The summed E-state index contributed by atoms with van der Waals surface area (Å²) in [7, 11) is 3.34. The second-order valence-corrected chi connectivity index (χ2v) is 9.83. The molecule has 0 saturated carbocycles. The largest absolute Gasteiger partial charge is 0.497 e. The van der Waals surface area contributed by atoms with E-state index in [-0.39, 0.29) is 17.2 Å². The summed E-state index contributed by atoms with van der Waals surface area (Å²) < 4.78 is 5.27. The number of carbonyl (C=O) groups is 2. The van der Waals surface area contributed by atoms with E-state index in [2.05, 4.69) is 36.3 Å². The number of anilines is 1. The number of hydrogen-bond acceptors (Lipinski definition) is 6. The van der Waals surface area contributed by atoms with E-state index in [0.717, 1.165) is 10.6 Å². The predicted octanol–water partition coefficient (Wildman–Crippen LogP) is 4.39. The molecule has 0 spiro atoms. The van der Waals surface area contributed by atoms with Crippen molar-refractivity contribution in [3.8, 4) is 5.75 Å². The first-order valence-corrected chi connectivity index (χ1v) is 11.2. The number of rotatable bonds is 4. The van der Waals surface area contributed by atoms with Crippen LogP contribution in [0.4, 0.5) is 5.13 Å². The van der Waals surface area contributed by atoms with Crippen LogP contribution in [0.15, 0.2) is 48.5 Å². The van der Waals surface area contributed by atoms with Crippen LogP contribution in [0.2, 0.25) is 0 Å². The first-order chi connectivity index (χ1) is 15.2. The van der Waals surface area contributed by atoms with Crippen molar-refractivity contribution in [1.29, 1.82) is 0 Å². The van der Waals surface area contributed by atoms with Crippen LogP contribution in [0.25, 0.3) is 0 Å². The molecule has 1 aliphatic heterocycles. The van der Waals surface area contributed by atoms with E-state index < -0.39 is 12.0 Å². The lowest BCUT2D eigenvalue weighted by molar-refractivity contribution is -0.119. The maximum absolute atomic E-state index is 13.6. The molecule has 2 amide bonds. The lowest BCUT2D eigenvalue weighted by Crippen LogP contribution is -2.44. The monoisotopic (exact) mass is 450 g/mol. The fourth-order valence-electron chi connectivity index (χ4n) is 3.93. The van der Waals surface area contributed by atoms with Crippen molar-refractivity contribution < 1.29 is 14.3 Å². The molecule has 2 heterocycles. The van der Waals surface area contributed by atoms with Gasteiger partial charge in [0.25, 0.3) is 5.91 Å². The third kappa shape index (κ3) is 3.98. The SMILES string of the molecule is COc1ccc([C@H]2[C@H](C(=O)Nc3nnc(C(C)(C)C)s3)c3ccccc3C(=O)N2C)cc1. The molecule has 4 rings (SSSR count). The summed E-state index contributed by atoms with van der Waals surface area (Å²) in [4.78, 5) is 28.4. The van der Waals surface area contributed by atoms with Crippen LogP contribution < -0.4 is 10.1 Å². The maximum Gasteiger partial charge on any atom is 0.254 e. The molecule has 0 fully saturated rings.